The topological polar surface area (TPSA) is 50.8 Å². The number of anilines is 2. The second-order valence-corrected chi connectivity index (χ2v) is 6.46. The third-order valence-corrected chi connectivity index (χ3v) is 4.53. The standard InChI is InChI=1S/C22H26N2O3/c1-3-8-17-11-12-20(21(15-17)26-2)27-16-22(25)23-18-9-4-5-10-19(18)24-13-6-7-14-24/h3-5,8-12,15H,6-7,13-14,16H2,1-2H3,(H,23,25)/b8-3+. The number of benzene rings is 2. The van der Waals surface area contributed by atoms with Crippen LogP contribution in [0.4, 0.5) is 11.4 Å². The number of para-hydroxylation sites is 2. The zero-order chi connectivity index (χ0) is 19.1. The molecular formula is C22H26N2O3. The van der Waals surface area contributed by atoms with E-state index in [1.54, 1.807) is 7.11 Å². The lowest BCUT2D eigenvalue weighted by molar-refractivity contribution is -0.118. The van der Waals surface area contributed by atoms with Gasteiger partial charge in [0.2, 0.25) is 0 Å². The minimum absolute atomic E-state index is 0.0757. The summed E-state index contributed by atoms with van der Waals surface area (Å²) in [6.07, 6.45) is 6.32. The summed E-state index contributed by atoms with van der Waals surface area (Å²) in [6.45, 7) is 3.94. The van der Waals surface area contributed by atoms with E-state index < -0.39 is 0 Å². The van der Waals surface area contributed by atoms with Gasteiger partial charge < -0.3 is 19.7 Å². The largest absolute Gasteiger partial charge is 0.493 e. The average Bonchev–Trinajstić information content (AvgIpc) is 3.22. The minimum Gasteiger partial charge on any atom is -0.493 e. The van der Waals surface area contributed by atoms with Crippen molar-refractivity contribution >= 4 is 23.4 Å². The highest BCUT2D eigenvalue weighted by molar-refractivity contribution is 5.95. The normalized spacial score (nSPS) is 13.8. The van der Waals surface area contributed by atoms with Crippen molar-refractivity contribution in [1.29, 1.82) is 0 Å². The molecule has 0 aliphatic carbocycles. The van der Waals surface area contributed by atoms with E-state index in [2.05, 4.69) is 10.2 Å². The van der Waals surface area contributed by atoms with E-state index >= 15 is 0 Å². The van der Waals surface area contributed by atoms with Crippen LogP contribution in [0.15, 0.2) is 48.5 Å². The Bertz CT molecular complexity index is 811. The van der Waals surface area contributed by atoms with Gasteiger partial charge in [0.15, 0.2) is 18.1 Å². The van der Waals surface area contributed by atoms with Gasteiger partial charge in [-0.3, -0.25) is 4.79 Å². The molecule has 0 radical (unpaired) electrons. The fourth-order valence-electron chi connectivity index (χ4n) is 3.24. The first-order valence-corrected chi connectivity index (χ1v) is 9.28. The Morgan fingerprint density at radius 3 is 2.67 bits per heavy atom. The molecular weight excluding hydrogens is 340 g/mol. The highest BCUT2D eigenvalue weighted by Gasteiger charge is 2.17. The van der Waals surface area contributed by atoms with E-state index in [1.165, 1.54) is 12.8 Å². The molecule has 3 rings (SSSR count). The SMILES string of the molecule is C/C=C/c1ccc(OCC(=O)Nc2ccccc2N2CCCC2)c(OC)c1. The second kappa shape index (κ2) is 9.12. The van der Waals surface area contributed by atoms with Gasteiger partial charge in [0.1, 0.15) is 0 Å². The summed E-state index contributed by atoms with van der Waals surface area (Å²) < 4.78 is 11.1. The van der Waals surface area contributed by atoms with Gasteiger partial charge in [-0.25, -0.2) is 0 Å². The zero-order valence-electron chi connectivity index (χ0n) is 15.9. The van der Waals surface area contributed by atoms with Crippen LogP contribution in [0.1, 0.15) is 25.3 Å². The molecule has 0 spiro atoms. The summed E-state index contributed by atoms with van der Waals surface area (Å²) in [5.41, 5.74) is 2.91. The van der Waals surface area contributed by atoms with Crippen LogP contribution in [0.3, 0.4) is 0 Å². The lowest BCUT2D eigenvalue weighted by Crippen LogP contribution is -2.24. The Kier molecular flexibility index (Phi) is 6.36. The van der Waals surface area contributed by atoms with Crippen LogP contribution in [0, 0.1) is 0 Å². The summed E-state index contributed by atoms with van der Waals surface area (Å²) in [6, 6.07) is 13.5. The Balaban J connectivity index is 1.64. The molecule has 1 aliphatic rings. The maximum absolute atomic E-state index is 12.4. The van der Waals surface area contributed by atoms with Crippen LogP contribution in [0.25, 0.3) is 6.08 Å². The van der Waals surface area contributed by atoms with Crippen molar-refractivity contribution in [3.8, 4) is 11.5 Å². The maximum atomic E-state index is 12.4. The summed E-state index contributed by atoms with van der Waals surface area (Å²) in [4.78, 5) is 14.7. The predicted octanol–water partition coefficient (Wildman–Crippen LogP) is 4.35. The highest BCUT2D eigenvalue weighted by Crippen LogP contribution is 2.30. The molecule has 1 fully saturated rings. The number of ether oxygens (including phenoxy) is 2. The van der Waals surface area contributed by atoms with Gasteiger partial charge in [0, 0.05) is 13.1 Å². The summed E-state index contributed by atoms with van der Waals surface area (Å²) in [5.74, 6) is 0.964. The number of amides is 1. The van der Waals surface area contributed by atoms with Crippen molar-refractivity contribution in [3.05, 3.63) is 54.1 Å². The molecule has 0 aromatic heterocycles. The molecule has 1 aliphatic heterocycles. The number of carbonyl (C=O) groups excluding carboxylic acids is 1. The first-order chi connectivity index (χ1) is 13.2. The number of allylic oxidation sites excluding steroid dienone is 1. The molecule has 142 valence electrons. The van der Waals surface area contributed by atoms with Gasteiger partial charge in [-0.05, 0) is 49.6 Å². The molecule has 2 aromatic rings. The van der Waals surface area contributed by atoms with E-state index in [9.17, 15) is 4.79 Å². The van der Waals surface area contributed by atoms with Crippen molar-refractivity contribution in [2.24, 2.45) is 0 Å². The molecule has 0 atom stereocenters. The monoisotopic (exact) mass is 366 g/mol. The Morgan fingerprint density at radius 1 is 1.15 bits per heavy atom. The number of rotatable bonds is 7. The summed E-state index contributed by atoms with van der Waals surface area (Å²) >= 11 is 0. The first kappa shape index (κ1) is 18.8. The van der Waals surface area contributed by atoms with Gasteiger partial charge in [0.05, 0.1) is 18.5 Å². The lowest BCUT2D eigenvalue weighted by Gasteiger charge is -2.21. The average molecular weight is 366 g/mol. The molecule has 1 saturated heterocycles. The van der Waals surface area contributed by atoms with E-state index in [1.807, 2.05) is 61.5 Å². The van der Waals surface area contributed by atoms with Gasteiger partial charge in [0.25, 0.3) is 5.91 Å². The molecule has 0 bridgehead atoms. The van der Waals surface area contributed by atoms with Crippen LogP contribution >= 0.6 is 0 Å². The second-order valence-electron chi connectivity index (χ2n) is 6.46. The molecule has 0 saturated carbocycles. The Hall–Kier alpha value is -2.95. The molecule has 5 heteroatoms. The van der Waals surface area contributed by atoms with Crippen molar-refractivity contribution in [2.45, 2.75) is 19.8 Å². The van der Waals surface area contributed by atoms with Gasteiger partial charge in [-0.15, -0.1) is 0 Å². The van der Waals surface area contributed by atoms with Crippen LogP contribution < -0.4 is 19.7 Å². The molecule has 1 amide bonds. The van der Waals surface area contributed by atoms with Gasteiger partial charge in [-0.2, -0.15) is 0 Å². The Morgan fingerprint density at radius 2 is 1.93 bits per heavy atom. The van der Waals surface area contributed by atoms with Crippen molar-refractivity contribution in [1.82, 2.24) is 0 Å². The number of carbonyl (C=O) groups is 1. The number of hydrogen-bond acceptors (Lipinski definition) is 4. The zero-order valence-corrected chi connectivity index (χ0v) is 15.9. The Labute approximate surface area is 160 Å². The van der Waals surface area contributed by atoms with Crippen LogP contribution in [-0.4, -0.2) is 32.7 Å². The number of methoxy groups -OCH3 is 1. The van der Waals surface area contributed by atoms with Crippen LogP contribution in [0.2, 0.25) is 0 Å². The van der Waals surface area contributed by atoms with E-state index in [-0.39, 0.29) is 12.5 Å². The highest BCUT2D eigenvalue weighted by atomic mass is 16.5. The van der Waals surface area contributed by atoms with Gasteiger partial charge >= 0.3 is 0 Å². The molecule has 0 unspecified atom stereocenters. The smallest absolute Gasteiger partial charge is 0.262 e. The van der Waals surface area contributed by atoms with Crippen LogP contribution in [-0.2, 0) is 4.79 Å². The molecule has 1 N–H and O–H groups in total. The quantitative estimate of drug-likeness (QED) is 0.792. The first-order valence-electron chi connectivity index (χ1n) is 9.28. The summed E-state index contributed by atoms with van der Waals surface area (Å²) in [5, 5.41) is 2.97. The fraction of sp³-hybridized carbons (Fsp3) is 0.318. The van der Waals surface area contributed by atoms with Crippen molar-refractivity contribution in [3.63, 3.8) is 0 Å². The van der Waals surface area contributed by atoms with Crippen molar-refractivity contribution < 1.29 is 14.3 Å². The third kappa shape index (κ3) is 4.82. The molecule has 1 heterocycles. The number of nitrogens with zero attached hydrogens (tertiary/aromatic N) is 1. The lowest BCUT2D eigenvalue weighted by atomic mass is 10.2. The molecule has 5 nitrogen and oxygen atoms in total. The van der Waals surface area contributed by atoms with E-state index in [0.29, 0.717) is 11.5 Å². The predicted molar refractivity (Wildman–Crippen MR) is 110 cm³/mol. The van der Waals surface area contributed by atoms with Crippen LogP contribution in [0.5, 0.6) is 11.5 Å². The number of nitrogens with one attached hydrogen (secondary N) is 1. The fourth-order valence-corrected chi connectivity index (χ4v) is 3.24. The van der Waals surface area contributed by atoms with Crippen molar-refractivity contribution in [2.75, 3.05) is 37.0 Å². The number of hydrogen-bond donors (Lipinski definition) is 1. The molecule has 2 aromatic carbocycles. The summed E-state index contributed by atoms with van der Waals surface area (Å²) in [7, 11) is 1.59. The minimum atomic E-state index is -0.193. The van der Waals surface area contributed by atoms with E-state index in [0.717, 1.165) is 30.0 Å². The third-order valence-electron chi connectivity index (χ3n) is 4.53. The molecule has 27 heavy (non-hydrogen) atoms. The van der Waals surface area contributed by atoms with Gasteiger partial charge in [-0.1, -0.05) is 30.4 Å². The van der Waals surface area contributed by atoms with E-state index in [4.69, 9.17) is 9.47 Å². The maximum Gasteiger partial charge on any atom is 0.262 e.